The molecule has 1 aliphatic rings. The highest BCUT2D eigenvalue weighted by atomic mass is 16.5. The number of amides is 1. The molecule has 4 rings (SSSR count). The summed E-state index contributed by atoms with van der Waals surface area (Å²) >= 11 is 0. The molecule has 0 N–H and O–H groups in total. The predicted octanol–water partition coefficient (Wildman–Crippen LogP) is 3.72. The standard InChI is InChI=1S/C25H29N3O3/c1-18-8-3-6-12-23(18)31-17-20-9-7-14-27(16-20)24(29)13-15-28-19(2)26-22-11-5-4-10-21(22)25(28)30/h3-6,8,10-12,20H,7,9,13-17H2,1-2H3. The summed E-state index contributed by atoms with van der Waals surface area (Å²) in [6, 6.07) is 15.3. The van der Waals surface area contributed by atoms with E-state index in [0.717, 1.165) is 30.7 Å². The number of hydrogen-bond acceptors (Lipinski definition) is 4. The van der Waals surface area contributed by atoms with Crippen LogP contribution < -0.4 is 10.3 Å². The average Bonchev–Trinajstić information content (AvgIpc) is 2.78. The summed E-state index contributed by atoms with van der Waals surface area (Å²) in [6.07, 6.45) is 2.33. The van der Waals surface area contributed by atoms with Gasteiger partial charge in [-0.25, -0.2) is 4.98 Å². The minimum atomic E-state index is -0.0842. The van der Waals surface area contributed by atoms with Gasteiger partial charge in [0.2, 0.25) is 5.91 Å². The van der Waals surface area contributed by atoms with E-state index >= 15 is 0 Å². The van der Waals surface area contributed by atoms with Gasteiger partial charge in [0.15, 0.2) is 0 Å². The molecule has 31 heavy (non-hydrogen) atoms. The minimum absolute atomic E-state index is 0.0834. The Kier molecular flexibility index (Phi) is 6.35. The molecule has 0 saturated carbocycles. The van der Waals surface area contributed by atoms with E-state index in [2.05, 4.69) is 4.98 Å². The van der Waals surface area contributed by atoms with Crippen LogP contribution in [0, 0.1) is 19.8 Å². The van der Waals surface area contributed by atoms with Crippen LogP contribution in [-0.4, -0.2) is 40.1 Å². The van der Waals surface area contributed by atoms with Gasteiger partial charge >= 0.3 is 0 Å². The Hall–Kier alpha value is -3.15. The van der Waals surface area contributed by atoms with Crippen LogP contribution in [0.1, 0.15) is 30.7 Å². The number of para-hydroxylation sites is 2. The topological polar surface area (TPSA) is 64.4 Å². The number of piperidine rings is 1. The summed E-state index contributed by atoms with van der Waals surface area (Å²) in [5, 5.41) is 0.590. The van der Waals surface area contributed by atoms with Crippen molar-refractivity contribution in [1.82, 2.24) is 14.5 Å². The van der Waals surface area contributed by atoms with Gasteiger partial charge in [-0.2, -0.15) is 0 Å². The van der Waals surface area contributed by atoms with Gasteiger partial charge in [0.05, 0.1) is 17.5 Å². The molecule has 1 atom stereocenters. The first-order chi connectivity index (χ1) is 15.0. The number of aromatic nitrogens is 2. The molecule has 0 spiro atoms. The maximum atomic E-state index is 12.9. The molecule has 3 aromatic rings. The van der Waals surface area contributed by atoms with Crippen molar-refractivity contribution in [1.29, 1.82) is 0 Å². The summed E-state index contributed by atoms with van der Waals surface area (Å²) in [4.78, 5) is 32.1. The van der Waals surface area contributed by atoms with Crippen molar-refractivity contribution in [2.45, 2.75) is 39.7 Å². The molecule has 1 saturated heterocycles. The lowest BCUT2D eigenvalue weighted by molar-refractivity contribution is -0.133. The SMILES string of the molecule is Cc1ccccc1OCC1CCCN(C(=O)CCn2c(C)nc3ccccc3c2=O)C1. The maximum Gasteiger partial charge on any atom is 0.261 e. The lowest BCUT2D eigenvalue weighted by atomic mass is 9.98. The van der Waals surface area contributed by atoms with E-state index in [1.165, 1.54) is 0 Å². The average molecular weight is 420 g/mol. The normalized spacial score (nSPS) is 16.5. The van der Waals surface area contributed by atoms with Crippen LogP contribution in [0.15, 0.2) is 53.3 Å². The number of carbonyl (C=O) groups is 1. The highest BCUT2D eigenvalue weighted by molar-refractivity contribution is 5.78. The smallest absolute Gasteiger partial charge is 0.261 e. The minimum Gasteiger partial charge on any atom is -0.493 e. The van der Waals surface area contributed by atoms with E-state index in [0.29, 0.717) is 48.8 Å². The summed E-state index contributed by atoms with van der Waals surface area (Å²) in [6.45, 7) is 6.29. The molecule has 1 amide bonds. The summed E-state index contributed by atoms with van der Waals surface area (Å²) in [5.41, 5.74) is 1.73. The Morgan fingerprint density at radius 3 is 2.74 bits per heavy atom. The second-order valence-electron chi connectivity index (χ2n) is 8.31. The quantitative estimate of drug-likeness (QED) is 0.611. The number of nitrogens with zero attached hydrogens (tertiary/aromatic N) is 3. The fourth-order valence-corrected chi connectivity index (χ4v) is 4.26. The molecule has 2 aromatic carbocycles. The van der Waals surface area contributed by atoms with Crippen molar-refractivity contribution >= 4 is 16.8 Å². The molecule has 1 aromatic heterocycles. The number of likely N-dealkylation sites (tertiary alicyclic amines) is 1. The molecule has 162 valence electrons. The van der Waals surface area contributed by atoms with Crippen molar-refractivity contribution in [3.05, 3.63) is 70.3 Å². The third-order valence-corrected chi connectivity index (χ3v) is 6.04. The number of hydrogen-bond donors (Lipinski definition) is 0. The van der Waals surface area contributed by atoms with Gasteiger partial charge in [-0.1, -0.05) is 30.3 Å². The fraction of sp³-hybridized carbons (Fsp3) is 0.400. The first-order valence-electron chi connectivity index (χ1n) is 11.0. The third-order valence-electron chi connectivity index (χ3n) is 6.04. The molecular weight excluding hydrogens is 390 g/mol. The zero-order valence-electron chi connectivity index (χ0n) is 18.2. The molecule has 0 aliphatic carbocycles. The summed E-state index contributed by atoms with van der Waals surface area (Å²) < 4.78 is 7.63. The largest absolute Gasteiger partial charge is 0.493 e. The van der Waals surface area contributed by atoms with Crippen molar-refractivity contribution in [2.24, 2.45) is 5.92 Å². The van der Waals surface area contributed by atoms with E-state index in [1.54, 1.807) is 10.6 Å². The zero-order valence-corrected chi connectivity index (χ0v) is 18.2. The van der Waals surface area contributed by atoms with Gasteiger partial charge in [-0.05, 0) is 50.5 Å². The van der Waals surface area contributed by atoms with Crippen LogP contribution in [0.25, 0.3) is 10.9 Å². The van der Waals surface area contributed by atoms with E-state index in [-0.39, 0.29) is 11.5 Å². The van der Waals surface area contributed by atoms with Gasteiger partial charge < -0.3 is 9.64 Å². The summed E-state index contributed by atoms with van der Waals surface area (Å²) in [7, 11) is 0. The van der Waals surface area contributed by atoms with Crippen LogP contribution >= 0.6 is 0 Å². The van der Waals surface area contributed by atoms with E-state index in [4.69, 9.17) is 4.74 Å². The zero-order chi connectivity index (χ0) is 21.8. The van der Waals surface area contributed by atoms with E-state index in [1.807, 2.05) is 61.2 Å². The van der Waals surface area contributed by atoms with Gasteiger partial charge in [0.25, 0.3) is 5.56 Å². The predicted molar refractivity (Wildman–Crippen MR) is 121 cm³/mol. The maximum absolute atomic E-state index is 12.9. The Bertz CT molecular complexity index is 1140. The third kappa shape index (κ3) is 4.79. The number of rotatable bonds is 6. The highest BCUT2D eigenvalue weighted by Crippen LogP contribution is 2.21. The van der Waals surface area contributed by atoms with Crippen LogP contribution in [0.3, 0.4) is 0 Å². The van der Waals surface area contributed by atoms with Crippen LogP contribution in [0.4, 0.5) is 0 Å². The molecule has 2 heterocycles. The first-order valence-corrected chi connectivity index (χ1v) is 11.0. The molecule has 1 aliphatic heterocycles. The number of carbonyl (C=O) groups excluding carboxylic acids is 1. The van der Waals surface area contributed by atoms with Gasteiger partial charge in [0, 0.05) is 32.0 Å². The van der Waals surface area contributed by atoms with Crippen LogP contribution in [-0.2, 0) is 11.3 Å². The van der Waals surface area contributed by atoms with Crippen molar-refractivity contribution in [3.63, 3.8) is 0 Å². The van der Waals surface area contributed by atoms with Gasteiger partial charge in [0.1, 0.15) is 11.6 Å². The number of benzene rings is 2. The Balaban J connectivity index is 1.36. The van der Waals surface area contributed by atoms with E-state index in [9.17, 15) is 9.59 Å². The Labute approximate surface area is 182 Å². The second kappa shape index (κ2) is 9.33. The molecule has 0 bridgehead atoms. The molecule has 6 heteroatoms. The molecule has 1 unspecified atom stereocenters. The Morgan fingerprint density at radius 1 is 1.13 bits per heavy atom. The number of ether oxygens (including phenoxy) is 1. The molecular formula is C25H29N3O3. The lowest BCUT2D eigenvalue weighted by Crippen LogP contribution is -2.42. The molecule has 1 fully saturated rings. The second-order valence-corrected chi connectivity index (χ2v) is 8.31. The van der Waals surface area contributed by atoms with Crippen molar-refractivity contribution < 1.29 is 9.53 Å². The lowest BCUT2D eigenvalue weighted by Gasteiger charge is -2.33. The highest BCUT2D eigenvalue weighted by Gasteiger charge is 2.24. The van der Waals surface area contributed by atoms with Crippen LogP contribution in [0.5, 0.6) is 5.75 Å². The monoisotopic (exact) mass is 419 g/mol. The Morgan fingerprint density at radius 2 is 1.90 bits per heavy atom. The fourth-order valence-electron chi connectivity index (χ4n) is 4.26. The van der Waals surface area contributed by atoms with Crippen LogP contribution in [0.2, 0.25) is 0 Å². The van der Waals surface area contributed by atoms with Crippen molar-refractivity contribution in [2.75, 3.05) is 19.7 Å². The van der Waals surface area contributed by atoms with Crippen molar-refractivity contribution in [3.8, 4) is 5.75 Å². The molecule has 0 radical (unpaired) electrons. The van der Waals surface area contributed by atoms with Gasteiger partial charge in [-0.3, -0.25) is 14.2 Å². The molecule has 6 nitrogen and oxygen atoms in total. The number of fused-ring (bicyclic) bond motifs is 1. The van der Waals surface area contributed by atoms with E-state index < -0.39 is 0 Å². The number of aryl methyl sites for hydroxylation is 2. The first kappa shape index (κ1) is 21.1. The van der Waals surface area contributed by atoms with Gasteiger partial charge in [-0.15, -0.1) is 0 Å². The summed E-state index contributed by atoms with van der Waals surface area (Å²) in [5.74, 6) is 1.95.